The second-order valence-corrected chi connectivity index (χ2v) is 7.97. The van der Waals surface area contributed by atoms with Crippen molar-refractivity contribution in [3.63, 3.8) is 0 Å². The van der Waals surface area contributed by atoms with E-state index in [0.717, 1.165) is 17.8 Å². The number of carbonyl (C=O) groups is 1. The molecule has 3 aromatic rings. The largest absolute Gasteiger partial charge is 0.454 e. The Labute approximate surface area is 195 Å². The van der Waals surface area contributed by atoms with Gasteiger partial charge in [0.2, 0.25) is 6.79 Å². The molecular formula is C25H25F3N2O4. The van der Waals surface area contributed by atoms with Gasteiger partial charge in [-0.1, -0.05) is 12.1 Å². The number of alkyl halides is 3. The average molecular weight is 474 g/mol. The summed E-state index contributed by atoms with van der Waals surface area (Å²) in [7, 11) is 1.60. The third kappa shape index (κ3) is 5.53. The van der Waals surface area contributed by atoms with Gasteiger partial charge in [-0.25, -0.2) is 0 Å². The molecule has 34 heavy (non-hydrogen) atoms. The van der Waals surface area contributed by atoms with Crippen LogP contribution in [-0.4, -0.2) is 42.4 Å². The number of amides is 1. The zero-order valence-electron chi connectivity index (χ0n) is 18.7. The number of aromatic nitrogens is 1. The van der Waals surface area contributed by atoms with E-state index in [1.807, 2.05) is 16.7 Å². The van der Waals surface area contributed by atoms with Crippen LogP contribution in [0, 0.1) is 0 Å². The molecule has 0 N–H and O–H groups in total. The fourth-order valence-electron chi connectivity index (χ4n) is 3.85. The van der Waals surface area contributed by atoms with Crippen molar-refractivity contribution in [3.05, 3.63) is 83.2 Å². The summed E-state index contributed by atoms with van der Waals surface area (Å²) in [4.78, 5) is 15.0. The Bertz CT molecular complexity index is 1140. The van der Waals surface area contributed by atoms with E-state index in [4.69, 9.17) is 14.2 Å². The van der Waals surface area contributed by atoms with Gasteiger partial charge >= 0.3 is 6.18 Å². The first-order valence-corrected chi connectivity index (χ1v) is 10.8. The van der Waals surface area contributed by atoms with Gasteiger partial charge in [0, 0.05) is 44.3 Å². The molecule has 0 aliphatic carbocycles. The molecule has 0 fully saturated rings. The van der Waals surface area contributed by atoms with Gasteiger partial charge in [-0.3, -0.25) is 4.79 Å². The van der Waals surface area contributed by atoms with Crippen LogP contribution in [0.5, 0.6) is 11.5 Å². The van der Waals surface area contributed by atoms with Crippen molar-refractivity contribution in [1.29, 1.82) is 0 Å². The van der Waals surface area contributed by atoms with Crippen LogP contribution in [0.4, 0.5) is 13.2 Å². The molecule has 0 radical (unpaired) electrons. The van der Waals surface area contributed by atoms with Crippen molar-refractivity contribution >= 4 is 5.91 Å². The summed E-state index contributed by atoms with van der Waals surface area (Å²) in [6.07, 6.45) is -1.96. The molecule has 4 rings (SSSR count). The topological polar surface area (TPSA) is 52.9 Å². The molecule has 0 spiro atoms. The number of benzene rings is 2. The van der Waals surface area contributed by atoms with E-state index in [1.165, 1.54) is 6.07 Å². The van der Waals surface area contributed by atoms with E-state index in [2.05, 4.69) is 0 Å². The Morgan fingerprint density at radius 3 is 2.71 bits per heavy atom. The summed E-state index contributed by atoms with van der Waals surface area (Å²) in [6.45, 7) is 1.62. The van der Waals surface area contributed by atoms with E-state index in [9.17, 15) is 18.0 Å². The molecule has 0 atom stereocenters. The lowest BCUT2D eigenvalue weighted by Crippen LogP contribution is -2.33. The Morgan fingerprint density at radius 2 is 1.91 bits per heavy atom. The first kappa shape index (κ1) is 23.7. The van der Waals surface area contributed by atoms with E-state index in [1.54, 1.807) is 42.5 Å². The highest BCUT2D eigenvalue weighted by Gasteiger charge is 2.30. The second-order valence-electron chi connectivity index (χ2n) is 7.97. The fraction of sp³-hybridized carbons (Fsp3) is 0.320. The predicted molar refractivity (Wildman–Crippen MR) is 119 cm³/mol. The van der Waals surface area contributed by atoms with Crippen LogP contribution < -0.4 is 9.47 Å². The van der Waals surface area contributed by atoms with E-state index < -0.39 is 11.7 Å². The quantitative estimate of drug-likeness (QED) is 0.412. The highest BCUT2D eigenvalue weighted by molar-refractivity contribution is 5.95. The number of halogens is 3. The SMILES string of the molecule is COCCCN(Cc1cccn1Cc1cccc(C(F)(F)F)c1)C(=O)c1ccc2c(c1)OCO2. The summed E-state index contributed by atoms with van der Waals surface area (Å²) >= 11 is 0. The average Bonchev–Trinajstić information content (AvgIpc) is 3.46. The molecule has 9 heteroatoms. The Morgan fingerprint density at radius 1 is 1.09 bits per heavy atom. The summed E-state index contributed by atoms with van der Waals surface area (Å²) < 4.78 is 57.0. The van der Waals surface area contributed by atoms with E-state index >= 15 is 0 Å². The van der Waals surface area contributed by atoms with E-state index in [0.29, 0.717) is 48.7 Å². The first-order valence-electron chi connectivity index (χ1n) is 10.8. The number of hydrogen-bond donors (Lipinski definition) is 0. The van der Waals surface area contributed by atoms with Gasteiger partial charge < -0.3 is 23.7 Å². The van der Waals surface area contributed by atoms with Gasteiger partial charge in [0.15, 0.2) is 11.5 Å². The molecule has 0 saturated heterocycles. The molecule has 1 aliphatic rings. The Balaban J connectivity index is 1.53. The lowest BCUT2D eigenvalue weighted by Gasteiger charge is -2.24. The zero-order chi connectivity index (χ0) is 24.1. The number of nitrogens with zero attached hydrogens (tertiary/aromatic N) is 2. The monoisotopic (exact) mass is 474 g/mol. The summed E-state index contributed by atoms with van der Waals surface area (Å²) in [6, 6.07) is 14.0. The highest BCUT2D eigenvalue weighted by atomic mass is 19.4. The van der Waals surface area contributed by atoms with E-state index in [-0.39, 0.29) is 19.2 Å². The first-order chi connectivity index (χ1) is 16.3. The molecular weight excluding hydrogens is 449 g/mol. The summed E-state index contributed by atoms with van der Waals surface area (Å²) in [5.74, 6) is 0.939. The highest BCUT2D eigenvalue weighted by Crippen LogP contribution is 2.33. The second kappa shape index (κ2) is 10.2. The van der Waals surface area contributed by atoms with Crippen LogP contribution in [0.3, 0.4) is 0 Å². The number of methoxy groups -OCH3 is 1. The van der Waals surface area contributed by atoms with Crippen molar-refractivity contribution in [2.45, 2.75) is 25.7 Å². The summed E-state index contributed by atoms with van der Waals surface area (Å²) in [5.41, 5.74) is 1.12. The third-order valence-electron chi connectivity index (χ3n) is 5.57. The predicted octanol–water partition coefficient (Wildman–Crippen LogP) is 4.96. The minimum atomic E-state index is -4.40. The standard InChI is InChI=1S/C25H25F3N2O4/c1-32-12-4-11-30(24(31)19-8-9-22-23(14-19)34-17-33-22)16-21-7-3-10-29(21)15-18-5-2-6-20(13-18)25(26,27)28/h2-3,5-10,13-14H,4,11-12,15-17H2,1H3. The zero-order valence-corrected chi connectivity index (χ0v) is 18.7. The molecule has 1 aliphatic heterocycles. The lowest BCUT2D eigenvalue weighted by atomic mass is 10.1. The van der Waals surface area contributed by atoms with Crippen LogP contribution in [0.25, 0.3) is 0 Å². The van der Waals surface area contributed by atoms with Crippen LogP contribution in [0.2, 0.25) is 0 Å². The van der Waals surface area contributed by atoms with Crippen LogP contribution >= 0.6 is 0 Å². The Hall–Kier alpha value is -3.46. The molecule has 180 valence electrons. The smallest absolute Gasteiger partial charge is 0.416 e. The minimum absolute atomic E-state index is 0.119. The van der Waals surface area contributed by atoms with Gasteiger partial charge in [0.1, 0.15) is 0 Å². The maximum absolute atomic E-state index is 13.3. The molecule has 2 aromatic carbocycles. The maximum Gasteiger partial charge on any atom is 0.416 e. The summed E-state index contributed by atoms with van der Waals surface area (Å²) in [5, 5.41) is 0. The van der Waals surface area contributed by atoms with Crippen LogP contribution in [0.1, 0.15) is 33.6 Å². The lowest BCUT2D eigenvalue weighted by molar-refractivity contribution is -0.137. The molecule has 0 saturated carbocycles. The van der Waals surface area contributed by atoms with Gasteiger partial charge in [0.25, 0.3) is 5.91 Å². The Kier molecular flexibility index (Phi) is 7.12. The molecule has 0 unspecified atom stereocenters. The normalized spacial score (nSPS) is 12.7. The molecule has 2 heterocycles. The minimum Gasteiger partial charge on any atom is -0.454 e. The van der Waals surface area contributed by atoms with Crippen molar-refractivity contribution in [1.82, 2.24) is 9.47 Å². The fourth-order valence-corrected chi connectivity index (χ4v) is 3.85. The maximum atomic E-state index is 13.3. The number of ether oxygens (including phenoxy) is 3. The number of hydrogen-bond acceptors (Lipinski definition) is 4. The van der Waals surface area contributed by atoms with Gasteiger partial charge in [-0.2, -0.15) is 13.2 Å². The van der Waals surface area contributed by atoms with Crippen molar-refractivity contribution < 1.29 is 32.2 Å². The molecule has 0 bridgehead atoms. The molecule has 1 aromatic heterocycles. The van der Waals surface area contributed by atoms with Gasteiger partial charge in [0.05, 0.1) is 12.1 Å². The third-order valence-corrected chi connectivity index (χ3v) is 5.57. The molecule has 1 amide bonds. The number of fused-ring (bicyclic) bond motifs is 1. The number of rotatable bonds is 9. The van der Waals surface area contributed by atoms with Crippen LogP contribution in [-0.2, 0) is 24.0 Å². The van der Waals surface area contributed by atoms with Crippen LogP contribution in [0.15, 0.2) is 60.8 Å². The van der Waals surface area contributed by atoms with Crippen molar-refractivity contribution in [3.8, 4) is 11.5 Å². The van der Waals surface area contributed by atoms with Gasteiger partial charge in [-0.05, 0) is 54.4 Å². The number of carbonyl (C=O) groups excluding carboxylic acids is 1. The van der Waals surface area contributed by atoms with Crippen molar-refractivity contribution in [2.75, 3.05) is 27.1 Å². The molecule has 6 nitrogen and oxygen atoms in total. The van der Waals surface area contributed by atoms with Crippen molar-refractivity contribution in [2.24, 2.45) is 0 Å². The van der Waals surface area contributed by atoms with Gasteiger partial charge in [-0.15, -0.1) is 0 Å².